The van der Waals surface area contributed by atoms with Crippen LogP contribution in [0.25, 0.3) is 0 Å². The molecule has 1 amide bonds. The van der Waals surface area contributed by atoms with E-state index < -0.39 is 0 Å². The van der Waals surface area contributed by atoms with Gasteiger partial charge in [-0.1, -0.05) is 11.6 Å². The van der Waals surface area contributed by atoms with Gasteiger partial charge in [-0.2, -0.15) is 0 Å². The van der Waals surface area contributed by atoms with E-state index in [4.69, 9.17) is 17.4 Å². The maximum absolute atomic E-state index is 12.3. The Labute approximate surface area is 107 Å². The van der Waals surface area contributed by atoms with Crippen LogP contribution >= 0.6 is 11.6 Å². The Kier molecular flexibility index (Phi) is 4.78. The molecule has 1 rings (SSSR count). The van der Waals surface area contributed by atoms with Gasteiger partial charge >= 0.3 is 0 Å². The van der Waals surface area contributed by atoms with E-state index in [0.717, 1.165) is 0 Å². The van der Waals surface area contributed by atoms with Gasteiger partial charge < -0.3 is 10.3 Å². The van der Waals surface area contributed by atoms with Crippen molar-refractivity contribution in [1.82, 2.24) is 4.90 Å². The van der Waals surface area contributed by atoms with Gasteiger partial charge in [0.05, 0.1) is 11.3 Å². The second kappa shape index (κ2) is 5.89. The Morgan fingerprint density at radius 3 is 2.65 bits per heavy atom. The summed E-state index contributed by atoms with van der Waals surface area (Å²) in [6.07, 6.45) is 0. The van der Waals surface area contributed by atoms with Crippen LogP contribution in [-0.2, 0) is 0 Å². The number of hydrazine groups is 1. The summed E-state index contributed by atoms with van der Waals surface area (Å²) in [5, 5.41) is 0.521. The molecule has 0 spiro atoms. The number of amides is 1. The van der Waals surface area contributed by atoms with Gasteiger partial charge in [-0.3, -0.25) is 10.6 Å². The van der Waals surface area contributed by atoms with Gasteiger partial charge in [0.15, 0.2) is 0 Å². The van der Waals surface area contributed by atoms with Crippen molar-refractivity contribution in [3.63, 3.8) is 0 Å². The summed E-state index contributed by atoms with van der Waals surface area (Å²) in [5.74, 6) is 5.32. The molecule has 0 unspecified atom stereocenters. The summed E-state index contributed by atoms with van der Waals surface area (Å²) in [6.45, 7) is 6.54. The number of carbonyl (C=O) groups excluding carboxylic acids is 1. The van der Waals surface area contributed by atoms with Crippen molar-refractivity contribution in [3.05, 3.63) is 28.8 Å². The van der Waals surface area contributed by atoms with Gasteiger partial charge in [0.25, 0.3) is 5.91 Å². The number of hydrogen-bond donors (Lipinski definition) is 2. The highest BCUT2D eigenvalue weighted by Gasteiger charge is 2.20. The first-order valence-corrected chi connectivity index (χ1v) is 5.96. The topological polar surface area (TPSA) is 58.4 Å². The summed E-state index contributed by atoms with van der Waals surface area (Å²) in [7, 11) is 0. The van der Waals surface area contributed by atoms with Crippen LogP contribution in [0, 0.1) is 0 Å². The fraction of sp³-hybridized carbons (Fsp3) is 0.417. The Hall–Kier alpha value is -1.26. The molecule has 4 nitrogen and oxygen atoms in total. The molecule has 0 heterocycles. The summed E-state index contributed by atoms with van der Waals surface area (Å²) >= 11 is 5.91. The molecule has 0 aliphatic heterocycles. The highest BCUT2D eigenvalue weighted by Crippen LogP contribution is 2.22. The number of nitrogens with one attached hydrogen (secondary N) is 1. The summed E-state index contributed by atoms with van der Waals surface area (Å²) in [4.78, 5) is 14.1. The van der Waals surface area contributed by atoms with Crippen LogP contribution in [0.15, 0.2) is 18.2 Å². The minimum Gasteiger partial charge on any atom is -0.336 e. The number of nitrogens with zero attached hydrogens (tertiary/aromatic N) is 1. The predicted molar refractivity (Wildman–Crippen MR) is 71.1 cm³/mol. The molecule has 5 heteroatoms. The highest BCUT2D eigenvalue weighted by molar-refractivity contribution is 6.31. The van der Waals surface area contributed by atoms with Gasteiger partial charge in [0, 0.05) is 17.6 Å². The molecule has 17 heavy (non-hydrogen) atoms. The molecule has 1 aromatic carbocycles. The molecule has 0 fully saturated rings. The lowest BCUT2D eigenvalue weighted by Gasteiger charge is -2.26. The first-order valence-electron chi connectivity index (χ1n) is 5.58. The summed E-state index contributed by atoms with van der Waals surface area (Å²) < 4.78 is 0. The van der Waals surface area contributed by atoms with Crippen molar-refractivity contribution in [3.8, 4) is 0 Å². The average Bonchev–Trinajstić information content (AvgIpc) is 2.29. The number of anilines is 1. The van der Waals surface area contributed by atoms with E-state index in [1.165, 1.54) is 0 Å². The highest BCUT2D eigenvalue weighted by atomic mass is 35.5. The first kappa shape index (κ1) is 13.8. The van der Waals surface area contributed by atoms with Gasteiger partial charge in [0.1, 0.15) is 0 Å². The molecule has 0 aliphatic rings. The number of halogens is 1. The normalized spacial score (nSPS) is 10.5. The second-order valence-electron chi connectivity index (χ2n) is 4.02. The molecule has 0 saturated carbocycles. The van der Waals surface area contributed by atoms with Crippen molar-refractivity contribution in [2.24, 2.45) is 5.84 Å². The van der Waals surface area contributed by atoms with Crippen LogP contribution in [0.2, 0.25) is 5.02 Å². The zero-order chi connectivity index (χ0) is 13.0. The fourth-order valence-electron chi connectivity index (χ4n) is 1.72. The molecule has 1 aromatic rings. The van der Waals surface area contributed by atoms with Crippen LogP contribution < -0.4 is 11.3 Å². The SMILES string of the molecule is CCN(C(=O)c1cc(Cl)ccc1NN)C(C)C. The van der Waals surface area contributed by atoms with Crippen molar-refractivity contribution < 1.29 is 4.79 Å². The van der Waals surface area contributed by atoms with E-state index in [-0.39, 0.29) is 11.9 Å². The quantitative estimate of drug-likeness (QED) is 0.642. The van der Waals surface area contributed by atoms with Crippen LogP contribution in [0.1, 0.15) is 31.1 Å². The van der Waals surface area contributed by atoms with Crippen molar-refractivity contribution in [2.45, 2.75) is 26.8 Å². The van der Waals surface area contributed by atoms with Crippen LogP contribution in [0.5, 0.6) is 0 Å². The number of hydrogen-bond acceptors (Lipinski definition) is 3. The zero-order valence-corrected chi connectivity index (χ0v) is 11.1. The van der Waals surface area contributed by atoms with Crippen LogP contribution in [0.3, 0.4) is 0 Å². The Morgan fingerprint density at radius 2 is 2.18 bits per heavy atom. The van der Waals surface area contributed by atoms with E-state index in [1.54, 1.807) is 23.1 Å². The Balaban J connectivity index is 3.13. The maximum atomic E-state index is 12.3. The lowest BCUT2D eigenvalue weighted by atomic mass is 10.1. The summed E-state index contributed by atoms with van der Waals surface area (Å²) in [5.41, 5.74) is 3.59. The van der Waals surface area contributed by atoms with Gasteiger partial charge in [0.2, 0.25) is 0 Å². The van der Waals surface area contributed by atoms with E-state index in [9.17, 15) is 4.79 Å². The smallest absolute Gasteiger partial charge is 0.256 e. The van der Waals surface area contributed by atoms with E-state index >= 15 is 0 Å². The molecule has 0 radical (unpaired) electrons. The van der Waals surface area contributed by atoms with Crippen LogP contribution in [0.4, 0.5) is 5.69 Å². The molecule has 0 saturated heterocycles. The first-order chi connectivity index (χ1) is 8.01. The number of nitrogen functional groups attached to an aromatic ring is 1. The lowest BCUT2D eigenvalue weighted by molar-refractivity contribution is 0.0718. The van der Waals surface area contributed by atoms with Crippen molar-refractivity contribution in [1.29, 1.82) is 0 Å². The molecule has 94 valence electrons. The predicted octanol–water partition coefficient (Wildman–Crippen LogP) is 2.50. The van der Waals surface area contributed by atoms with E-state index in [0.29, 0.717) is 22.8 Å². The molecular weight excluding hydrogens is 238 g/mol. The number of carbonyl (C=O) groups is 1. The minimum atomic E-state index is -0.0713. The van der Waals surface area contributed by atoms with E-state index in [2.05, 4.69) is 5.43 Å². The standard InChI is InChI=1S/C12H18ClN3O/c1-4-16(8(2)3)12(17)10-7-9(13)5-6-11(10)15-14/h5-8,15H,4,14H2,1-3H3. The molecule has 0 atom stereocenters. The largest absolute Gasteiger partial charge is 0.336 e. The van der Waals surface area contributed by atoms with Crippen molar-refractivity contribution >= 4 is 23.2 Å². The zero-order valence-electron chi connectivity index (χ0n) is 10.3. The Bertz CT molecular complexity index is 407. The summed E-state index contributed by atoms with van der Waals surface area (Å²) in [6, 6.07) is 5.16. The second-order valence-corrected chi connectivity index (χ2v) is 4.46. The number of rotatable bonds is 4. The molecule has 0 aliphatic carbocycles. The molecule has 0 aromatic heterocycles. The third kappa shape index (κ3) is 3.11. The molecular formula is C12H18ClN3O. The maximum Gasteiger partial charge on any atom is 0.256 e. The lowest BCUT2D eigenvalue weighted by Crippen LogP contribution is -2.37. The minimum absolute atomic E-state index is 0.0713. The number of benzene rings is 1. The van der Waals surface area contributed by atoms with Gasteiger partial charge in [-0.05, 0) is 39.0 Å². The average molecular weight is 256 g/mol. The Morgan fingerprint density at radius 1 is 1.53 bits per heavy atom. The third-order valence-corrected chi connectivity index (χ3v) is 2.83. The molecule has 3 N–H and O–H groups in total. The van der Waals surface area contributed by atoms with Gasteiger partial charge in [-0.25, -0.2) is 0 Å². The monoisotopic (exact) mass is 255 g/mol. The fourth-order valence-corrected chi connectivity index (χ4v) is 1.89. The van der Waals surface area contributed by atoms with E-state index in [1.807, 2.05) is 20.8 Å². The molecule has 0 bridgehead atoms. The van der Waals surface area contributed by atoms with Gasteiger partial charge in [-0.15, -0.1) is 0 Å². The number of nitrogens with two attached hydrogens (primary N) is 1. The van der Waals surface area contributed by atoms with Crippen molar-refractivity contribution in [2.75, 3.05) is 12.0 Å². The van der Waals surface area contributed by atoms with Crippen LogP contribution in [-0.4, -0.2) is 23.4 Å². The third-order valence-electron chi connectivity index (χ3n) is 2.59.